The number of rotatable bonds is 8. The Hall–Kier alpha value is -6.53. The molecule has 496 valence electrons. The molecular weight excluding hydrogens is 1180 g/mol. The minimum Gasteiger partial charge on any atom is -0.351 e. The number of halogens is 4. The molecule has 8 atom stereocenters. The average molecular weight is 1270 g/mol. The molecule has 26 heteroatoms. The number of benzene rings is 1. The van der Waals surface area contributed by atoms with Crippen LogP contribution < -0.4 is 21.3 Å². The fourth-order valence-electron chi connectivity index (χ4n) is 13.4. The summed E-state index contributed by atoms with van der Waals surface area (Å²) in [6, 6.07) is -4.45. The van der Waals surface area contributed by atoms with E-state index in [4.69, 9.17) is 11.6 Å². The molecule has 0 radical (unpaired) electrons. The van der Waals surface area contributed by atoms with E-state index in [1.54, 1.807) is 13.8 Å². The van der Waals surface area contributed by atoms with Crippen LogP contribution in [0.5, 0.6) is 0 Å². The highest BCUT2D eigenvalue weighted by Gasteiger charge is 2.50. The zero-order chi connectivity index (χ0) is 65.8. The van der Waals surface area contributed by atoms with Crippen molar-refractivity contribution in [3.8, 4) is 0 Å². The van der Waals surface area contributed by atoms with Crippen molar-refractivity contribution in [1.82, 2.24) is 55.6 Å². The summed E-state index contributed by atoms with van der Waals surface area (Å²) in [5.41, 5.74) is -2.22. The first kappa shape index (κ1) is 71.5. The van der Waals surface area contributed by atoms with Gasteiger partial charge in [0, 0.05) is 61.3 Å². The molecule has 6 rings (SSSR count). The van der Waals surface area contributed by atoms with E-state index in [0.29, 0.717) is 44.1 Å². The van der Waals surface area contributed by atoms with Gasteiger partial charge in [0.15, 0.2) is 0 Å². The number of nitrogens with zero attached hydrogens (tertiary/aromatic N) is 7. The molecule has 11 amide bonds. The third-order valence-corrected chi connectivity index (χ3v) is 19.7. The molecular formula is C63H95ClF3N11O11. The molecule has 5 aliphatic rings. The molecule has 1 aromatic carbocycles. The van der Waals surface area contributed by atoms with E-state index >= 15 is 9.59 Å². The number of carbonyl (C=O) groups excluding carboxylic acids is 11. The van der Waals surface area contributed by atoms with Crippen molar-refractivity contribution in [3.05, 3.63) is 34.3 Å². The number of fused-ring (bicyclic) bond motifs is 1. The van der Waals surface area contributed by atoms with Crippen molar-refractivity contribution in [3.63, 3.8) is 0 Å². The van der Waals surface area contributed by atoms with Crippen LogP contribution in [0.4, 0.5) is 13.2 Å². The number of hydrogen-bond donors (Lipinski definition) is 4. The molecule has 2 heterocycles. The summed E-state index contributed by atoms with van der Waals surface area (Å²) in [7, 11) is 8.56. The average Bonchev–Trinajstić information content (AvgIpc) is 2.96. The van der Waals surface area contributed by atoms with Gasteiger partial charge in [-0.15, -0.1) is 0 Å². The molecule has 1 unspecified atom stereocenters. The van der Waals surface area contributed by atoms with Gasteiger partial charge in [-0.3, -0.25) is 52.7 Å². The second-order valence-electron chi connectivity index (χ2n) is 25.9. The standard InChI is InChI=1S/C63H95ClF3N11O11/c1-11-38(2)53-60(88)74(7)36-51(81)72(5)37-52(82)76(9)48(34-41-20-13-12-14-21-41)59(87)73(6)35-49(79)69-46(28-26-42-25-27-44(45(64)33-42)63(65,66)67)58(86)78-31-19-24-47(78)56(84)71-62(29-17-18-30-62)61(89)77(10)54(43-22-15-16-23-43)57(85)68-39(3)32-50(80)75(8)40(4)55(83)70-53/h25,27,33,38-41,43,46-48,53-54H,11-24,26,28-32,34-37H2,1-10H3,(H,68,85)(H,69,79)(H,70,83)(H,71,84)/t38-,39+,40-,46-,47?,48-,53-,54-/m0/s1. The maximum atomic E-state index is 15.1. The third-order valence-electron chi connectivity index (χ3n) is 19.3. The molecule has 1 spiro atoms. The Kier molecular flexibility index (Phi) is 25.3. The number of aryl methyl sites for hydroxylation is 1. The number of alkyl halides is 3. The molecule has 0 aromatic heterocycles. The summed E-state index contributed by atoms with van der Waals surface area (Å²) >= 11 is 6.11. The van der Waals surface area contributed by atoms with Crippen molar-refractivity contribution in [2.75, 3.05) is 68.5 Å². The van der Waals surface area contributed by atoms with Crippen LogP contribution in [-0.4, -0.2) is 216 Å². The number of hydrogen-bond acceptors (Lipinski definition) is 11. The zero-order valence-corrected chi connectivity index (χ0v) is 54.4. The molecule has 2 aliphatic heterocycles. The Morgan fingerprint density at radius 1 is 0.652 bits per heavy atom. The summed E-state index contributed by atoms with van der Waals surface area (Å²) in [6.45, 7) is 5.20. The maximum Gasteiger partial charge on any atom is 0.417 e. The molecule has 89 heavy (non-hydrogen) atoms. The molecule has 5 fully saturated rings. The lowest BCUT2D eigenvalue weighted by Gasteiger charge is -2.40. The lowest BCUT2D eigenvalue weighted by molar-refractivity contribution is -0.150. The van der Waals surface area contributed by atoms with Crippen LogP contribution in [0.1, 0.15) is 161 Å². The van der Waals surface area contributed by atoms with Gasteiger partial charge in [0.25, 0.3) is 0 Å². The van der Waals surface area contributed by atoms with Gasteiger partial charge in [0.05, 0.1) is 30.2 Å². The van der Waals surface area contributed by atoms with E-state index < -0.39 is 155 Å². The monoisotopic (exact) mass is 1270 g/mol. The minimum absolute atomic E-state index is 0.0378. The van der Waals surface area contributed by atoms with E-state index in [9.17, 15) is 56.3 Å². The van der Waals surface area contributed by atoms with Crippen LogP contribution >= 0.6 is 11.6 Å². The first-order chi connectivity index (χ1) is 41.9. The second-order valence-corrected chi connectivity index (χ2v) is 26.3. The van der Waals surface area contributed by atoms with Gasteiger partial charge in [-0.25, -0.2) is 0 Å². The fraction of sp³-hybridized carbons (Fsp3) is 0.730. The van der Waals surface area contributed by atoms with E-state index in [-0.39, 0.29) is 63.3 Å². The molecule has 22 nitrogen and oxygen atoms in total. The van der Waals surface area contributed by atoms with Crippen molar-refractivity contribution in [1.29, 1.82) is 0 Å². The van der Waals surface area contributed by atoms with E-state index in [0.717, 1.165) is 71.8 Å². The third kappa shape index (κ3) is 18.1. The summed E-state index contributed by atoms with van der Waals surface area (Å²) < 4.78 is 41.3. The Labute approximate surface area is 526 Å². The molecule has 1 aromatic rings. The minimum atomic E-state index is -4.74. The summed E-state index contributed by atoms with van der Waals surface area (Å²) in [6.07, 6.45) is 4.89. The zero-order valence-electron chi connectivity index (χ0n) is 53.6. The van der Waals surface area contributed by atoms with Crippen LogP contribution in [0.2, 0.25) is 5.02 Å². The SMILES string of the molecule is CC[C@H](C)[C@@H]1NC(=O)[C@H](C)N(C)C(=O)C[C@@H](C)NC(=O)[C@H](C2CCCC2)N(C)C(=O)C2(CCCC2)NC(=O)C2CCCN2C(=O)[C@H](CCc2ccc(C(F)(F)F)c(Cl)c2)NC(=O)CN(C)C(=O)[C@H](CC2CCCCC2)N(C)C(=O)CN(C)C(=O)CN(C)C1=O. The van der Waals surface area contributed by atoms with Crippen molar-refractivity contribution in [2.45, 2.75) is 210 Å². The lowest BCUT2D eigenvalue weighted by atomic mass is 9.84. The molecule has 3 aliphatic carbocycles. The first-order valence-electron chi connectivity index (χ1n) is 31.8. The number of carbonyl (C=O) groups is 11. The summed E-state index contributed by atoms with van der Waals surface area (Å²) in [5.74, 6) is -7.37. The Morgan fingerprint density at radius 3 is 1.89 bits per heavy atom. The Morgan fingerprint density at radius 2 is 1.27 bits per heavy atom. The van der Waals surface area contributed by atoms with Crippen LogP contribution in [0.3, 0.4) is 0 Å². The van der Waals surface area contributed by atoms with Gasteiger partial charge in [-0.2, -0.15) is 13.2 Å². The Balaban J connectivity index is 1.35. The normalized spacial score (nSPS) is 27.5. The van der Waals surface area contributed by atoms with Crippen molar-refractivity contribution < 1.29 is 65.9 Å². The van der Waals surface area contributed by atoms with Crippen LogP contribution in [0, 0.1) is 17.8 Å². The Bertz CT molecular complexity index is 2760. The van der Waals surface area contributed by atoms with Crippen LogP contribution in [-0.2, 0) is 65.3 Å². The van der Waals surface area contributed by atoms with Gasteiger partial charge >= 0.3 is 6.18 Å². The van der Waals surface area contributed by atoms with Crippen LogP contribution in [0.15, 0.2) is 18.2 Å². The highest BCUT2D eigenvalue weighted by molar-refractivity contribution is 6.31. The van der Waals surface area contributed by atoms with Gasteiger partial charge in [0.1, 0.15) is 41.8 Å². The lowest BCUT2D eigenvalue weighted by Crippen LogP contribution is -2.64. The highest BCUT2D eigenvalue weighted by atomic mass is 35.5. The number of nitrogens with one attached hydrogen (secondary N) is 4. The first-order valence-corrected chi connectivity index (χ1v) is 32.2. The molecule has 2 saturated heterocycles. The highest BCUT2D eigenvalue weighted by Crippen LogP contribution is 2.38. The van der Waals surface area contributed by atoms with Crippen molar-refractivity contribution >= 4 is 76.6 Å². The molecule has 3 saturated carbocycles. The van der Waals surface area contributed by atoms with Gasteiger partial charge < -0.3 is 55.6 Å². The smallest absolute Gasteiger partial charge is 0.351 e. The van der Waals surface area contributed by atoms with Crippen molar-refractivity contribution in [2.24, 2.45) is 17.8 Å². The van der Waals surface area contributed by atoms with Gasteiger partial charge in [-0.05, 0) is 107 Å². The van der Waals surface area contributed by atoms with Crippen LogP contribution in [0.25, 0.3) is 0 Å². The fourth-order valence-corrected chi connectivity index (χ4v) is 13.8. The van der Waals surface area contributed by atoms with E-state index in [2.05, 4.69) is 21.3 Å². The summed E-state index contributed by atoms with van der Waals surface area (Å²) in [5, 5.41) is 11.0. The predicted octanol–water partition coefficient (Wildman–Crippen LogP) is 4.67. The van der Waals surface area contributed by atoms with E-state index in [1.165, 1.54) is 74.9 Å². The second kappa shape index (κ2) is 31.5. The topological polar surface area (TPSA) is 259 Å². The number of likely N-dealkylation sites (N-methyl/N-ethyl adjacent to an activating group) is 6. The van der Waals surface area contributed by atoms with E-state index in [1.807, 2.05) is 6.92 Å². The quantitative estimate of drug-likeness (QED) is 0.278. The maximum absolute atomic E-state index is 15.1. The largest absolute Gasteiger partial charge is 0.417 e. The molecule has 0 bridgehead atoms. The van der Waals surface area contributed by atoms with Gasteiger partial charge in [0.2, 0.25) is 65.0 Å². The predicted molar refractivity (Wildman–Crippen MR) is 326 cm³/mol. The number of amides is 11. The molecule has 4 N–H and O–H groups in total. The van der Waals surface area contributed by atoms with Gasteiger partial charge in [-0.1, -0.05) is 95.7 Å². The summed E-state index contributed by atoms with van der Waals surface area (Å²) in [4.78, 5) is 167.